The quantitative estimate of drug-likeness (QED) is 0.665. The molecule has 0 saturated carbocycles. The monoisotopic (exact) mass is 320 g/mol. The van der Waals surface area contributed by atoms with Crippen LogP contribution >= 0.6 is 0 Å². The highest BCUT2D eigenvalue weighted by molar-refractivity contribution is 7.86. The Kier molecular flexibility index (Phi) is 3.41. The lowest BCUT2D eigenvalue weighted by molar-refractivity contribution is 0.413. The van der Waals surface area contributed by atoms with Crippen LogP contribution in [0.3, 0.4) is 0 Å². The molecule has 0 aliphatic carbocycles. The van der Waals surface area contributed by atoms with Gasteiger partial charge in [-0.25, -0.2) is 4.98 Å². The Morgan fingerprint density at radius 3 is 2.73 bits per heavy atom. The van der Waals surface area contributed by atoms with Gasteiger partial charge >= 0.3 is 10.1 Å². The maximum absolute atomic E-state index is 11.2. The van der Waals surface area contributed by atoms with E-state index in [4.69, 9.17) is 8.92 Å². The molecule has 1 aromatic carbocycles. The van der Waals surface area contributed by atoms with E-state index in [0.29, 0.717) is 22.7 Å². The number of nitrogens with zero attached hydrogens (tertiary/aromatic N) is 4. The summed E-state index contributed by atoms with van der Waals surface area (Å²) in [5.41, 5.74) is 1.99. The topological polar surface area (TPSA) is 95.7 Å². The van der Waals surface area contributed by atoms with Crippen LogP contribution in [0, 0.1) is 0 Å². The maximum Gasteiger partial charge on any atom is 0.306 e. The van der Waals surface area contributed by atoms with Crippen molar-refractivity contribution in [2.24, 2.45) is 0 Å². The van der Waals surface area contributed by atoms with Gasteiger partial charge in [-0.15, -0.1) is 5.10 Å². The van der Waals surface area contributed by atoms with E-state index in [9.17, 15) is 8.42 Å². The average Bonchev–Trinajstić information content (AvgIpc) is 2.89. The summed E-state index contributed by atoms with van der Waals surface area (Å²) in [6, 6.07) is 4.72. The van der Waals surface area contributed by atoms with E-state index in [1.165, 1.54) is 19.4 Å². The predicted octanol–water partition coefficient (Wildman–Crippen LogP) is 1.14. The fourth-order valence-corrected chi connectivity index (χ4v) is 2.46. The fourth-order valence-electron chi connectivity index (χ4n) is 2.01. The van der Waals surface area contributed by atoms with Gasteiger partial charge in [0.1, 0.15) is 17.8 Å². The highest BCUT2D eigenvalue weighted by Gasteiger charge is 2.13. The summed E-state index contributed by atoms with van der Waals surface area (Å²) in [6.07, 6.45) is 5.84. The molecule has 0 aliphatic heterocycles. The molecular formula is C13H12N4O4S. The number of rotatable bonds is 4. The minimum atomic E-state index is -3.59. The van der Waals surface area contributed by atoms with Crippen LogP contribution in [0.15, 0.2) is 36.9 Å². The van der Waals surface area contributed by atoms with Gasteiger partial charge in [0.2, 0.25) is 0 Å². The molecule has 0 amide bonds. The Balaban J connectivity index is 2.06. The van der Waals surface area contributed by atoms with Gasteiger partial charge in [0.15, 0.2) is 5.65 Å². The van der Waals surface area contributed by atoms with Crippen LogP contribution in [-0.4, -0.2) is 41.4 Å². The van der Waals surface area contributed by atoms with Crippen LogP contribution < -0.4 is 8.92 Å². The Morgan fingerprint density at radius 1 is 1.23 bits per heavy atom. The van der Waals surface area contributed by atoms with E-state index >= 15 is 0 Å². The lowest BCUT2D eigenvalue weighted by Crippen LogP contribution is -2.05. The van der Waals surface area contributed by atoms with E-state index in [-0.39, 0.29) is 5.75 Å². The molecule has 114 valence electrons. The molecule has 0 unspecified atom stereocenters. The normalized spacial score (nSPS) is 11.5. The van der Waals surface area contributed by atoms with Gasteiger partial charge < -0.3 is 8.92 Å². The molecule has 2 aromatic heterocycles. The van der Waals surface area contributed by atoms with E-state index < -0.39 is 10.1 Å². The molecule has 0 aliphatic rings. The first-order valence-corrected chi connectivity index (χ1v) is 8.01. The average molecular weight is 320 g/mol. The SMILES string of the molecule is COc1cc(OS(C)(=O)=O)ccc1-c1cn2cnncc2n1. The minimum Gasteiger partial charge on any atom is -0.496 e. The van der Waals surface area contributed by atoms with Crippen molar-refractivity contribution in [2.45, 2.75) is 0 Å². The summed E-state index contributed by atoms with van der Waals surface area (Å²) in [7, 11) is -2.10. The second-order valence-corrected chi connectivity index (χ2v) is 6.09. The lowest BCUT2D eigenvalue weighted by Gasteiger charge is -2.09. The van der Waals surface area contributed by atoms with Gasteiger partial charge in [-0.3, -0.25) is 4.40 Å². The van der Waals surface area contributed by atoms with Gasteiger partial charge in [-0.2, -0.15) is 13.5 Å². The first kappa shape index (κ1) is 14.3. The number of hydrogen-bond acceptors (Lipinski definition) is 7. The zero-order valence-corrected chi connectivity index (χ0v) is 12.6. The number of ether oxygens (including phenoxy) is 1. The molecule has 0 N–H and O–H groups in total. The Morgan fingerprint density at radius 2 is 2.05 bits per heavy atom. The molecule has 0 radical (unpaired) electrons. The highest BCUT2D eigenvalue weighted by Crippen LogP contribution is 2.33. The summed E-state index contributed by atoms with van der Waals surface area (Å²) in [5.74, 6) is 0.626. The standard InChI is InChI=1S/C13H12N4O4S/c1-20-12-5-9(21-22(2,18)19)3-4-10(12)11-7-17-8-15-14-6-13(17)16-11/h3-8H,1-2H3. The first-order chi connectivity index (χ1) is 10.5. The third kappa shape index (κ3) is 2.84. The van der Waals surface area contributed by atoms with Crippen molar-refractivity contribution in [2.75, 3.05) is 13.4 Å². The molecule has 9 heteroatoms. The Labute approximate surface area is 126 Å². The molecule has 3 aromatic rings. The van der Waals surface area contributed by atoms with E-state index in [1.54, 1.807) is 29.1 Å². The fraction of sp³-hybridized carbons (Fsp3) is 0.154. The number of aromatic nitrogens is 4. The Bertz CT molecular complexity index is 903. The number of hydrogen-bond donors (Lipinski definition) is 0. The van der Waals surface area contributed by atoms with E-state index in [1.807, 2.05) is 0 Å². The van der Waals surface area contributed by atoms with Gasteiger partial charge in [0, 0.05) is 17.8 Å². The molecule has 0 saturated heterocycles. The van der Waals surface area contributed by atoms with Gasteiger partial charge in [-0.1, -0.05) is 0 Å². The highest BCUT2D eigenvalue weighted by atomic mass is 32.2. The summed E-state index contributed by atoms with van der Waals surface area (Å²) in [6.45, 7) is 0. The lowest BCUT2D eigenvalue weighted by atomic mass is 10.1. The minimum absolute atomic E-state index is 0.176. The zero-order valence-electron chi connectivity index (χ0n) is 11.8. The van der Waals surface area contributed by atoms with Crippen molar-refractivity contribution in [3.8, 4) is 22.8 Å². The third-order valence-electron chi connectivity index (χ3n) is 2.87. The summed E-state index contributed by atoms with van der Waals surface area (Å²) >= 11 is 0. The molecule has 0 bridgehead atoms. The number of methoxy groups -OCH3 is 1. The molecule has 22 heavy (non-hydrogen) atoms. The van der Waals surface area contributed by atoms with Crippen molar-refractivity contribution < 1.29 is 17.3 Å². The zero-order chi connectivity index (χ0) is 15.7. The smallest absolute Gasteiger partial charge is 0.306 e. The van der Waals surface area contributed by atoms with Crippen molar-refractivity contribution in [3.63, 3.8) is 0 Å². The second-order valence-electron chi connectivity index (χ2n) is 4.52. The van der Waals surface area contributed by atoms with Crippen LogP contribution in [0.5, 0.6) is 11.5 Å². The second kappa shape index (κ2) is 5.26. The molecule has 2 heterocycles. The van der Waals surface area contributed by atoms with Crippen LogP contribution in [-0.2, 0) is 10.1 Å². The molecular weight excluding hydrogens is 308 g/mol. The van der Waals surface area contributed by atoms with Crippen LogP contribution in [0.25, 0.3) is 16.9 Å². The van der Waals surface area contributed by atoms with Crippen LogP contribution in [0.1, 0.15) is 0 Å². The summed E-state index contributed by atoms with van der Waals surface area (Å²) in [5, 5.41) is 7.54. The van der Waals surface area contributed by atoms with Gasteiger partial charge in [0.05, 0.1) is 25.3 Å². The van der Waals surface area contributed by atoms with Crippen molar-refractivity contribution in [1.29, 1.82) is 0 Å². The van der Waals surface area contributed by atoms with Crippen LogP contribution in [0.2, 0.25) is 0 Å². The van der Waals surface area contributed by atoms with Crippen molar-refractivity contribution in [1.82, 2.24) is 19.6 Å². The van der Waals surface area contributed by atoms with Crippen molar-refractivity contribution >= 4 is 15.8 Å². The predicted molar refractivity (Wildman–Crippen MR) is 78.2 cm³/mol. The molecule has 3 rings (SSSR count). The number of fused-ring (bicyclic) bond motifs is 1. The Hall–Kier alpha value is -2.68. The van der Waals surface area contributed by atoms with Gasteiger partial charge in [-0.05, 0) is 12.1 Å². The molecule has 0 atom stereocenters. The molecule has 0 fully saturated rings. The molecule has 0 spiro atoms. The number of benzene rings is 1. The third-order valence-corrected chi connectivity index (χ3v) is 3.37. The summed E-state index contributed by atoms with van der Waals surface area (Å²) in [4.78, 5) is 4.42. The van der Waals surface area contributed by atoms with Crippen LogP contribution in [0.4, 0.5) is 0 Å². The largest absolute Gasteiger partial charge is 0.496 e. The van der Waals surface area contributed by atoms with Crippen molar-refractivity contribution in [3.05, 3.63) is 36.9 Å². The molecule has 8 nitrogen and oxygen atoms in total. The van der Waals surface area contributed by atoms with Gasteiger partial charge in [0.25, 0.3) is 0 Å². The van der Waals surface area contributed by atoms with E-state index in [2.05, 4.69) is 15.2 Å². The number of imidazole rings is 1. The maximum atomic E-state index is 11.2. The van der Waals surface area contributed by atoms with E-state index in [0.717, 1.165) is 6.26 Å². The first-order valence-electron chi connectivity index (χ1n) is 6.19. The summed E-state index contributed by atoms with van der Waals surface area (Å²) < 4.78 is 34.2.